The van der Waals surface area contributed by atoms with Crippen molar-refractivity contribution in [2.45, 2.75) is 0 Å². The molecule has 102 valence electrons. The van der Waals surface area contributed by atoms with Crippen LogP contribution in [0.1, 0.15) is 10.5 Å². The van der Waals surface area contributed by atoms with Gasteiger partial charge in [0.05, 0.1) is 15.7 Å². The molecule has 2 aromatic heterocycles. The van der Waals surface area contributed by atoms with Crippen molar-refractivity contribution in [2.75, 3.05) is 0 Å². The minimum Gasteiger partial charge on any atom is -0.477 e. The monoisotopic (exact) mass is 309 g/mol. The molecule has 1 N–H and O–H groups in total. The molecule has 0 aliphatic carbocycles. The van der Waals surface area contributed by atoms with E-state index in [1.807, 2.05) is 6.07 Å². The van der Waals surface area contributed by atoms with Gasteiger partial charge in [0.25, 0.3) is 0 Å². The lowest BCUT2D eigenvalue weighted by Gasteiger charge is -2.02. The third-order valence-electron chi connectivity index (χ3n) is 3.08. The SMILES string of the molecule is Cn1c(C(=O)O)cn2cc(-c3cccc(Cl)c3Cl)nc12. The maximum atomic E-state index is 11.0. The summed E-state index contributed by atoms with van der Waals surface area (Å²) in [6.45, 7) is 0. The molecule has 20 heavy (non-hydrogen) atoms. The molecule has 0 bridgehead atoms. The lowest BCUT2D eigenvalue weighted by atomic mass is 10.2. The van der Waals surface area contributed by atoms with Crippen LogP contribution in [0.4, 0.5) is 0 Å². The van der Waals surface area contributed by atoms with E-state index in [-0.39, 0.29) is 5.69 Å². The van der Waals surface area contributed by atoms with E-state index in [1.165, 1.54) is 10.8 Å². The molecule has 0 spiro atoms. The van der Waals surface area contributed by atoms with Crippen LogP contribution in [-0.2, 0) is 7.05 Å². The summed E-state index contributed by atoms with van der Waals surface area (Å²) in [6, 6.07) is 5.30. The molecule has 3 rings (SSSR count). The van der Waals surface area contributed by atoms with Crippen molar-refractivity contribution < 1.29 is 9.90 Å². The van der Waals surface area contributed by atoms with E-state index in [4.69, 9.17) is 28.3 Å². The number of hydrogen-bond acceptors (Lipinski definition) is 2. The van der Waals surface area contributed by atoms with E-state index in [9.17, 15) is 4.79 Å². The number of fused-ring (bicyclic) bond motifs is 1. The highest BCUT2D eigenvalue weighted by molar-refractivity contribution is 6.43. The smallest absolute Gasteiger partial charge is 0.354 e. The normalized spacial score (nSPS) is 11.2. The first-order valence-electron chi connectivity index (χ1n) is 5.71. The zero-order valence-electron chi connectivity index (χ0n) is 10.3. The van der Waals surface area contributed by atoms with Crippen LogP contribution in [0.2, 0.25) is 10.0 Å². The number of carbonyl (C=O) groups is 1. The first-order valence-corrected chi connectivity index (χ1v) is 6.46. The Kier molecular flexibility index (Phi) is 2.96. The molecule has 0 atom stereocenters. The highest BCUT2D eigenvalue weighted by Gasteiger charge is 2.16. The number of imidazole rings is 2. The molecule has 7 heteroatoms. The van der Waals surface area contributed by atoms with Gasteiger partial charge in [-0.25, -0.2) is 9.78 Å². The van der Waals surface area contributed by atoms with E-state index in [2.05, 4.69) is 4.98 Å². The molecule has 0 fully saturated rings. The van der Waals surface area contributed by atoms with Gasteiger partial charge in [0.2, 0.25) is 5.78 Å². The van der Waals surface area contributed by atoms with E-state index in [0.29, 0.717) is 27.1 Å². The summed E-state index contributed by atoms with van der Waals surface area (Å²) in [5.41, 5.74) is 1.51. The largest absolute Gasteiger partial charge is 0.477 e. The topological polar surface area (TPSA) is 59.5 Å². The van der Waals surface area contributed by atoms with Gasteiger partial charge in [-0.15, -0.1) is 0 Å². The Balaban J connectivity index is 2.19. The predicted octanol–water partition coefficient (Wildman–Crippen LogP) is 3.34. The first-order chi connectivity index (χ1) is 9.49. The Morgan fingerprint density at radius 1 is 1.30 bits per heavy atom. The number of aromatic carboxylic acids is 1. The highest BCUT2D eigenvalue weighted by Crippen LogP contribution is 2.33. The molecule has 1 aromatic carbocycles. The summed E-state index contributed by atoms with van der Waals surface area (Å²) >= 11 is 12.1. The molecule has 0 amide bonds. The quantitative estimate of drug-likeness (QED) is 0.789. The Morgan fingerprint density at radius 2 is 2.05 bits per heavy atom. The van der Waals surface area contributed by atoms with Gasteiger partial charge in [0.1, 0.15) is 5.69 Å². The van der Waals surface area contributed by atoms with Crippen molar-refractivity contribution in [1.82, 2.24) is 14.0 Å². The summed E-state index contributed by atoms with van der Waals surface area (Å²) in [7, 11) is 1.65. The molecular formula is C13H9Cl2N3O2. The predicted molar refractivity (Wildman–Crippen MR) is 76.6 cm³/mol. The Morgan fingerprint density at radius 3 is 2.70 bits per heavy atom. The number of benzene rings is 1. The van der Waals surface area contributed by atoms with Crippen molar-refractivity contribution in [3.05, 3.63) is 46.3 Å². The van der Waals surface area contributed by atoms with Gasteiger partial charge in [0.15, 0.2) is 0 Å². The van der Waals surface area contributed by atoms with Gasteiger partial charge in [-0.1, -0.05) is 35.3 Å². The summed E-state index contributed by atoms with van der Waals surface area (Å²) in [4.78, 5) is 15.4. The summed E-state index contributed by atoms with van der Waals surface area (Å²) in [5, 5.41) is 9.93. The molecular weight excluding hydrogens is 301 g/mol. The fourth-order valence-electron chi connectivity index (χ4n) is 2.08. The third-order valence-corrected chi connectivity index (χ3v) is 3.90. The summed E-state index contributed by atoms with van der Waals surface area (Å²) in [5.74, 6) is -0.478. The van der Waals surface area contributed by atoms with Gasteiger partial charge in [-0.3, -0.25) is 4.40 Å². The van der Waals surface area contributed by atoms with Crippen molar-refractivity contribution in [2.24, 2.45) is 7.05 Å². The number of hydrogen-bond donors (Lipinski definition) is 1. The molecule has 0 aliphatic heterocycles. The highest BCUT2D eigenvalue weighted by atomic mass is 35.5. The van der Waals surface area contributed by atoms with Crippen molar-refractivity contribution in [1.29, 1.82) is 0 Å². The lowest BCUT2D eigenvalue weighted by Crippen LogP contribution is -2.04. The van der Waals surface area contributed by atoms with Gasteiger partial charge in [0, 0.05) is 25.0 Å². The zero-order valence-corrected chi connectivity index (χ0v) is 11.9. The maximum absolute atomic E-state index is 11.0. The molecule has 0 saturated heterocycles. The van der Waals surface area contributed by atoms with E-state index in [1.54, 1.807) is 29.8 Å². The maximum Gasteiger partial charge on any atom is 0.354 e. The van der Waals surface area contributed by atoms with E-state index < -0.39 is 5.97 Å². The third kappa shape index (κ3) is 1.87. The van der Waals surface area contributed by atoms with Crippen LogP contribution in [0, 0.1) is 0 Å². The number of carboxylic acids is 1. The Labute approximate surface area is 124 Å². The fraction of sp³-hybridized carbons (Fsp3) is 0.0769. The molecule has 0 radical (unpaired) electrons. The molecule has 3 aromatic rings. The number of aromatic nitrogens is 3. The van der Waals surface area contributed by atoms with Crippen LogP contribution in [0.3, 0.4) is 0 Å². The van der Waals surface area contributed by atoms with E-state index >= 15 is 0 Å². The van der Waals surface area contributed by atoms with Crippen LogP contribution >= 0.6 is 23.2 Å². The Bertz CT molecular complexity index is 836. The van der Waals surface area contributed by atoms with Crippen LogP contribution in [0.5, 0.6) is 0 Å². The van der Waals surface area contributed by atoms with Crippen LogP contribution in [0.25, 0.3) is 17.0 Å². The van der Waals surface area contributed by atoms with Crippen LogP contribution < -0.4 is 0 Å². The lowest BCUT2D eigenvalue weighted by molar-refractivity contribution is 0.0687. The second-order valence-corrected chi connectivity index (χ2v) is 5.10. The number of halogens is 2. The van der Waals surface area contributed by atoms with Gasteiger partial charge >= 0.3 is 5.97 Å². The van der Waals surface area contributed by atoms with Gasteiger partial charge in [-0.2, -0.15) is 0 Å². The second kappa shape index (κ2) is 4.54. The average Bonchev–Trinajstić information content (AvgIpc) is 2.93. The number of carboxylic acid groups (broad SMARTS) is 1. The van der Waals surface area contributed by atoms with Crippen molar-refractivity contribution in [3.63, 3.8) is 0 Å². The minimum atomic E-state index is -1.000. The number of aryl methyl sites for hydroxylation is 1. The number of rotatable bonds is 2. The summed E-state index contributed by atoms with van der Waals surface area (Å²) in [6.07, 6.45) is 3.23. The number of nitrogens with zero attached hydrogens (tertiary/aromatic N) is 3. The van der Waals surface area contributed by atoms with Gasteiger partial charge < -0.3 is 9.67 Å². The standard InChI is InChI=1S/C13H9Cl2N3O2/c1-17-10(12(19)20)6-18-5-9(16-13(17)18)7-3-2-4-8(14)11(7)15/h2-6H,1H3,(H,19,20). The van der Waals surface area contributed by atoms with Crippen LogP contribution in [-0.4, -0.2) is 25.0 Å². The first kappa shape index (κ1) is 13.0. The summed E-state index contributed by atoms with van der Waals surface area (Å²) < 4.78 is 3.15. The second-order valence-electron chi connectivity index (χ2n) is 4.31. The zero-order chi connectivity index (χ0) is 14.4. The molecule has 5 nitrogen and oxygen atoms in total. The van der Waals surface area contributed by atoms with Crippen molar-refractivity contribution >= 4 is 34.9 Å². The minimum absolute atomic E-state index is 0.163. The molecule has 0 aliphatic rings. The van der Waals surface area contributed by atoms with Crippen LogP contribution in [0.15, 0.2) is 30.6 Å². The average molecular weight is 310 g/mol. The van der Waals surface area contributed by atoms with Gasteiger partial charge in [-0.05, 0) is 6.07 Å². The molecule has 0 saturated carbocycles. The molecule has 0 unspecified atom stereocenters. The van der Waals surface area contributed by atoms with E-state index in [0.717, 1.165) is 0 Å². The Hall–Kier alpha value is -1.98. The van der Waals surface area contributed by atoms with Crippen molar-refractivity contribution in [3.8, 4) is 11.3 Å². The molecule has 2 heterocycles. The fourth-order valence-corrected chi connectivity index (χ4v) is 2.48.